The predicted octanol–water partition coefficient (Wildman–Crippen LogP) is 1.97. The minimum absolute atomic E-state index is 0.0990. The Kier molecular flexibility index (Phi) is 2.66. The van der Waals surface area contributed by atoms with Crippen molar-refractivity contribution in [3.05, 3.63) is 58.2 Å². The van der Waals surface area contributed by atoms with Gasteiger partial charge in [-0.25, -0.2) is 4.79 Å². The van der Waals surface area contributed by atoms with Crippen LogP contribution in [-0.2, 0) is 11.8 Å². The van der Waals surface area contributed by atoms with Crippen LogP contribution < -0.4 is 10.4 Å². The first-order valence-electron chi connectivity index (χ1n) is 6.88. The Labute approximate surface area is 124 Å². The molecule has 1 aliphatic heterocycles. The Balaban J connectivity index is 2.03. The number of carbonyl (C=O) groups is 1. The fourth-order valence-electron chi connectivity index (χ4n) is 2.88. The van der Waals surface area contributed by atoms with Gasteiger partial charge in [-0.15, -0.1) is 0 Å². The molecule has 6 nitrogen and oxygen atoms in total. The van der Waals surface area contributed by atoms with Crippen molar-refractivity contribution < 1.29 is 13.9 Å². The van der Waals surface area contributed by atoms with E-state index < -0.39 is 11.5 Å². The summed E-state index contributed by atoms with van der Waals surface area (Å²) >= 11 is 0. The van der Waals surface area contributed by atoms with Gasteiger partial charge >= 0.3 is 11.6 Å². The number of carbonyl (C=O) groups excluding carboxylic acids is 1. The van der Waals surface area contributed by atoms with Crippen molar-refractivity contribution in [2.75, 3.05) is 0 Å². The minimum atomic E-state index is -0.477. The Bertz CT molecular complexity index is 954. The maximum atomic E-state index is 12.4. The zero-order chi connectivity index (χ0) is 15.3. The van der Waals surface area contributed by atoms with E-state index in [4.69, 9.17) is 9.15 Å². The Morgan fingerprint density at radius 3 is 2.86 bits per heavy atom. The van der Waals surface area contributed by atoms with Gasteiger partial charge in [0, 0.05) is 19.2 Å². The smallest absolute Gasteiger partial charge is 0.343 e. The molecule has 1 atom stereocenters. The highest BCUT2D eigenvalue weighted by atomic mass is 16.5. The van der Waals surface area contributed by atoms with E-state index in [0.29, 0.717) is 22.3 Å². The second kappa shape index (κ2) is 4.56. The van der Waals surface area contributed by atoms with E-state index in [0.717, 1.165) is 5.56 Å². The molecule has 0 fully saturated rings. The van der Waals surface area contributed by atoms with Crippen LogP contribution in [0, 0.1) is 0 Å². The highest BCUT2D eigenvalue weighted by Gasteiger charge is 2.34. The van der Waals surface area contributed by atoms with E-state index in [1.54, 1.807) is 42.3 Å². The normalized spacial score (nSPS) is 17.3. The molecule has 0 N–H and O–H groups in total. The number of nitrogens with zero attached hydrogens (tertiary/aromatic N) is 2. The minimum Gasteiger partial charge on any atom is -0.425 e. The van der Waals surface area contributed by atoms with E-state index in [9.17, 15) is 9.59 Å². The first-order chi connectivity index (χ1) is 10.6. The third kappa shape index (κ3) is 1.84. The molecule has 110 valence electrons. The molecule has 1 aliphatic rings. The number of aromatic nitrogens is 2. The average Bonchev–Trinajstić information content (AvgIpc) is 2.93. The summed E-state index contributed by atoms with van der Waals surface area (Å²) in [6.07, 6.45) is 3.55. The van der Waals surface area contributed by atoms with E-state index in [-0.39, 0.29) is 12.4 Å². The molecule has 0 unspecified atom stereocenters. The molecule has 4 rings (SSSR count). The highest BCUT2D eigenvalue weighted by molar-refractivity contribution is 5.90. The van der Waals surface area contributed by atoms with Gasteiger partial charge in [0.1, 0.15) is 5.58 Å². The molecule has 0 amide bonds. The van der Waals surface area contributed by atoms with Gasteiger partial charge in [0.2, 0.25) is 0 Å². The van der Waals surface area contributed by atoms with Crippen LogP contribution in [0.4, 0.5) is 0 Å². The van der Waals surface area contributed by atoms with E-state index in [2.05, 4.69) is 5.10 Å². The summed E-state index contributed by atoms with van der Waals surface area (Å²) in [7, 11) is 1.79. The second-order valence-corrected chi connectivity index (χ2v) is 5.31. The summed E-state index contributed by atoms with van der Waals surface area (Å²) < 4.78 is 12.4. The fourth-order valence-corrected chi connectivity index (χ4v) is 2.88. The van der Waals surface area contributed by atoms with Gasteiger partial charge < -0.3 is 9.15 Å². The van der Waals surface area contributed by atoms with Crippen molar-refractivity contribution in [2.45, 2.75) is 12.3 Å². The SMILES string of the molecule is Cn1cc([C@@H]2CC(=O)Oc3c2c(=O)oc2ccccc32)cn1. The van der Waals surface area contributed by atoms with Gasteiger partial charge in [0.25, 0.3) is 0 Å². The zero-order valence-corrected chi connectivity index (χ0v) is 11.8. The number of hydrogen-bond acceptors (Lipinski definition) is 5. The van der Waals surface area contributed by atoms with E-state index in [1.165, 1.54) is 0 Å². The van der Waals surface area contributed by atoms with Crippen LogP contribution in [0.25, 0.3) is 11.0 Å². The van der Waals surface area contributed by atoms with Crippen molar-refractivity contribution in [3.8, 4) is 5.75 Å². The van der Waals surface area contributed by atoms with Crippen LogP contribution in [0.2, 0.25) is 0 Å². The average molecular weight is 296 g/mol. The molecular formula is C16H12N2O4. The lowest BCUT2D eigenvalue weighted by Crippen LogP contribution is -2.26. The van der Waals surface area contributed by atoms with Gasteiger partial charge in [-0.3, -0.25) is 9.48 Å². The van der Waals surface area contributed by atoms with Gasteiger partial charge in [0.15, 0.2) is 5.75 Å². The standard InChI is InChI=1S/C16H12N2O4/c1-18-8-9(7-17-18)11-6-13(19)22-15-10-4-2-3-5-12(10)21-16(20)14(11)15/h2-5,7-8,11H,6H2,1H3/t11-/m0/s1. The lowest BCUT2D eigenvalue weighted by atomic mass is 9.88. The summed E-state index contributed by atoms with van der Waals surface area (Å²) in [5.41, 5.74) is 1.11. The predicted molar refractivity (Wildman–Crippen MR) is 77.8 cm³/mol. The molecule has 0 radical (unpaired) electrons. The lowest BCUT2D eigenvalue weighted by Gasteiger charge is -2.23. The summed E-state index contributed by atoms with van der Waals surface area (Å²) in [5.74, 6) is -0.458. The number of benzene rings is 1. The molecular weight excluding hydrogens is 284 g/mol. The summed E-state index contributed by atoms with van der Waals surface area (Å²) in [6, 6.07) is 7.03. The maximum Gasteiger partial charge on any atom is 0.343 e. The molecule has 0 spiro atoms. The molecule has 22 heavy (non-hydrogen) atoms. The van der Waals surface area contributed by atoms with Crippen molar-refractivity contribution in [1.82, 2.24) is 9.78 Å². The third-order valence-electron chi connectivity index (χ3n) is 3.86. The Morgan fingerprint density at radius 2 is 2.09 bits per heavy atom. The monoisotopic (exact) mass is 296 g/mol. The number of ether oxygens (including phenoxy) is 1. The summed E-state index contributed by atoms with van der Waals surface area (Å²) in [4.78, 5) is 24.4. The first kappa shape index (κ1) is 12.8. The van der Waals surface area contributed by atoms with Crippen molar-refractivity contribution in [1.29, 1.82) is 0 Å². The van der Waals surface area contributed by atoms with Crippen molar-refractivity contribution in [2.24, 2.45) is 7.05 Å². The molecule has 6 heteroatoms. The van der Waals surface area contributed by atoms with Crippen LogP contribution in [0.3, 0.4) is 0 Å². The first-order valence-corrected chi connectivity index (χ1v) is 6.88. The number of para-hydroxylation sites is 1. The van der Waals surface area contributed by atoms with Crippen LogP contribution in [-0.4, -0.2) is 15.7 Å². The summed E-state index contributed by atoms with van der Waals surface area (Å²) in [5, 5.41) is 4.74. The number of rotatable bonds is 1. The molecule has 3 aromatic rings. The Hall–Kier alpha value is -2.89. The van der Waals surface area contributed by atoms with E-state index >= 15 is 0 Å². The van der Waals surface area contributed by atoms with Gasteiger partial charge in [-0.2, -0.15) is 5.10 Å². The maximum absolute atomic E-state index is 12.4. The van der Waals surface area contributed by atoms with Crippen LogP contribution in [0.1, 0.15) is 23.5 Å². The van der Waals surface area contributed by atoms with Crippen LogP contribution in [0.15, 0.2) is 45.9 Å². The Morgan fingerprint density at radius 1 is 1.27 bits per heavy atom. The molecule has 0 saturated carbocycles. The van der Waals surface area contributed by atoms with Crippen molar-refractivity contribution in [3.63, 3.8) is 0 Å². The lowest BCUT2D eigenvalue weighted by molar-refractivity contribution is -0.135. The highest BCUT2D eigenvalue weighted by Crippen LogP contribution is 2.40. The topological polar surface area (TPSA) is 74.3 Å². The second-order valence-electron chi connectivity index (χ2n) is 5.31. The molecule has 1 aromatic carbocycles. The van der Waals surface area contributed by atoms with Gasteiger partial charge in [-0.05, 0) is 17.7 Å². The summed E-state index contributed by atoms with van der Waals surface area (Å²) in [6.45, 7) is 0. The number of fused-ring (bicyclic) bond motifs is 3. The fraction of sp³-hybridized carbons (Fsp3) is 0.188. The number of aryl methyl sites for hydroxylation is 1. The number of esters is 1. The molecule has 0 saturated heterocycles. The van der Waals surface area contributed by atoms with Gasteiger partial charge in [0.05, 0.1) is 23.6 Å². The van der Waals surface area contributed by atoms with Crippen molar-refractivity contribution >= 4 is 16.9 Å². The van der Waals surface area contributed by atoms with Gasteiger partial charge in [-0.1, -0.05) is 12.1 Å². The molecule has 3 heterocycles. The van der Waals surface area contributed by atoms with Crippen LogP contribution >= 0.6 is 0 Å². The quantitative estimate of drug-likeness (QED) is 0.507. The van der Waals surface area contributed by atoms with Crippen LogP contribution in [0.5, 0.6) is 5.75 Å². The molecule has 0 bridgehead atoms. The number of hydrogen-bond donors (Lipinski definition) is 0. The third-order valence-corrected chi connectivity index (χ3v) is 3.86. The zero-order valence-electron chi connectivity index (χ0n) is 11.8. The molecule has 2 aromatic heterocycles. The largest absolute Gasteiger partial charge is 0.425 e. The van der Waals surface area contributed by atoms with E-state index in [1.807, 2.05) is 6.07 Å². The molecule has 0 aliphatic carbocycles.